The Morgan fingerprint density at radius 3 is 2.43 bits per heavy atom. The molecule has 1 fully saturated rings. The number of hydrogen-bond acceptors (Lipinski definition) is 5. The van der Waals surface area contributed by atoms with Gasteiger partial charge in [-0.05, 0) is 80.9 Å². The number of hydrogen-bond donors (Lipinski definition) is 1. The molecule has 178 valence electrons. The van der Waals surface area contributed by atoms with E-state index < -0.39 is 29.6 Å². The number of rotatable bonds is 5. The molecule has 0 aliphatic carbocycles. The Morgan fingerprint density at radius 2 is 1.74 bits per heavy atom. The molecule has 1 aromatic heterocycles. The maximum absolute atomic E-state index is 13.3. The fourth-order valence-electron chi connectivity index (χ4n) is 3.96. The molecular formula is C26H22FN3O5. The van der Waals surface area contributed by atoms with E-state index in [1.165, 1.54) is 18.2 Å². The van der Waals surface area contributed by atoms with Crippen LogP contribution < -0.4 is 10.2 Å². The average Bonchev–Trinajstić information content (AvgIpc) is 3.10. The van der Waals surface area contributed by atoms with Crippen molar-refractivity contribution in [1.82, 2.24) is 9.88 Å². The third-order valence-corrected chi connectivity index (χ3v) is 5.57. The summed E-state index contributed by atoms with van der Waals surface area (Å²) in [5.74, 6) is -2.61. The number of carbonyl (C=O) groups is 4. The summed E-state index contributed by atoms with van der Waals surface area (Å²) >= 11 is 0. The van der Waals surface area contributed by atoms with E-state index in [1.54, 1.807) is 31.2 Å². The molecule has 1 aliphatic heterocycles. The van der Waals surface area contributed by atoms with Crippen molar-refractivity contribution in [1.29, 1.82) is 0 Å². The number of anilines is 1. The van der Waals surface area contributed by atoms with Gasteiger partial charge in [0.25, 0.3) is 11.8 Å². The van der Waals surface area contributed by atoms with Gasteiger partial charge in [-0.1, -0.05) is 6.07 Å². The van der Waals surface area contributed by atoms with Gasteiger partial charge in [0.15, 0.2) is 0 Å². The van der Waals surface area contributed by atoms with Crippen LogP contribution in [0.5, 0.6) is 0 Å². The van der Waals surface area contributed by atoms with Gasteiger partial charge in [-0.3, -0.25) is 14.9 Å². The number of aromatic nitrogens is 1. The van der Waals surface area contributed by atoms with Crippen molar-refractivity contribution in [3.05, 3.63) is 88.5 Å². The maximum atomic E-state index is 13.3. The first kappa shape index (κ1) is 23.6. The Labute approximate surface area is 200 Å². The first-order chi connectivity index (χ1) is 16.7. The number of amides is 4. The Kier molecular flexibility index (Phi) is 6.33. The van der Waals surface area contributed by atoms with Crippen LogP contribution in [0.4, 0.5) is 14.9 Å². The van der Waals surface area contributed by atoms with E-state index in [-0.39, 0.29) is 17.9 Å². The number of imide groups is 2. The quantitative estimate of drug-likeness (QED) is 0.341. The predicted molar refractivity (Wildman–Crippen MR) is 127 cm³/mol. The van der Waals surface area contributed by atoms with Gasteiger partial charge in [0.2, 0.25) is 0 Å². The normalized spacial score (nSPS) is 14.9. The fraction of sp³-hybridized carbons (Fsp3) is 0.154. The summed E-state index contributed by atoms with van der Waals surface area (Å²) in [6.45, 7) is 5.65. The number of halogens is 1. The third kappa shape index (κ3) is 4.48. The summed E-state index contributed by atoms with van der Waals surface area (Å²) in [4.78, 5) is 50.9. The van der Waals surface area contributed by atoms with Gasteiger partial charge in [0.1, 0.15) is 11.4 Å². The first-order valence-electron chi connectivity index (χ1n) is 10.8. The molecule has 2 heterocycles. The highest BCUT2D eigenvalue weighted by Crippen LogP contribution is 2.26. The fourth-order valence-corrected chi connectivity index (χ4v) is 3.96. The van der Waals surface area contributed by atoms with Crippen molar-refractivity contribution in [3.63, 3.8) is 0 Å². The van der Waals surface area contributed by atoms with Gasteiger partial charge in [-0.15, -0.1) is 0 Å². The Hall–Kier alpha value is -4.53. The van der Waals surface area contributed by atoms with Crippen LogP contribution in [0.2, 0.25) is 0 Å². The zero-order chi connectivity index (χ0) is 25.3. The van der Waals surface area contributed by atoms with Crippen molar-refractivity contribution < 1.29 is 28.3 Å². The van der Waals surface area contributed by atoms with Gasteiger partial charge in [-0.25, -0.2) is 18.9 Å². The summed E-state index contributed by atoms with van der Waals surface area (Å²) in [5.41, 5.74) is 3.08. The van der Waals surface area contributed by atoms with E-state index in [2.05, 4.69) is 5.32 Å². The maximum Gasteiger partial charge on any atom is 0.338 e. The van der Waals surface area contributed by atoms with Gasteiger partial charge < -0.3 is 9.30 Å². The molecule has 1 N–H and O–H groups in total. The number of nitrogens with zero attached hydrogens (tertiary/aromatic N) is 2. The molecule has 9 heteroatoms. The van der Waals surface area contributed by atoms with Crippen molar-refractivity contribution in [3.8, 4) is 5.69 Å². The van der Waals surface area contributed by atoms with E-state index >= 15 is 0 Å². The molecule has 0 radical (unpaired) electrons. The number of barbiturate groups is 1. The van der Waals surface area contributed by atoms with Gasteiger partial charge in [-0.2, -0.15) is 0 Å². The number of esters is 1. The molecule has 1 aliphatic rings. The molecule has 0 spiro atoms. The molecule has 2 aromatic carbocycles. The van der Waals surface area contributed by atoms with Crippen LogP contribution in [0, 0.1) is 19.7 Å². The minimum atomic E-state index is -0.912. The Bertz CT molecular complexity index is 1390. The van der Waals surface area contributed by atoms with E-state index in [0.717, 1.165) is 22.7 Å². The lowest BCUT2D eigenvalue weighted by Gasteiger charge is -2.26. The highest BCUT2D eigenvalue weighted by molar-refractivity contribution is 6.39. The monoisotopic (exact) mass is 475 g/mol. The molecular weight excluding hydrogens is 453 g/mol. The van der Waals surface area contributed by atoms with Crippen LogP contribution >= 0.6 is 0 Å². The second-order valence-electron chi connectivity index (χ2n) is 7.87. The molecule has 8 nitrogen and oxygen atoms in total. The molecule has 4 amide bonds. The van der Waals surface area contributed by atoms with Crippen molar-refractivity contribution in [2.75, 3.05) is 11.5 Å². The lowest BCUT2D eigenvalue weighted by molar-refractivity contribution is -0.122. The number of carbonyl (C=O) groups excluding carboxylic acids is 4. The molecule has 4 rings (SSSR count). The van der Waals surface area contributed by atoms with E-state index in [0.29, 0.717) is 22.5 Å². The first-order valence-corrected chi connectivity index (χ1v) is 10.8. The lowest BCUT2D eigenvalue weighted by atomic mass is 10.1. The number of benzene rings is 2. The van der Waals surface area contributed by atoms with Crippen molar-refractivity contribution >= 4 is 35.6 Å². The minimum absolute atomic E-state index is 0.133. The predicted octanol–water partition coefficient (Wildman–Crippen LogP) is 4.08. The molecule has 0 atom stereocenters. The third-order valence-electron chi connectivity index (χ3n) is 5.57. The van der Waals surface area contributed by atoms with Crippen molar-refractivity contribution in [2.45, 2.75) is 20.8 Å². The molecule has 0 saturated carbocycles. The van der Waals surface area contributed by atoms with Gasteiger partial charge >= 0.3 is 12.0 Å². The van der Waals surface area contributed by atoms with Gasteiger partial charge in [0.05, 0.1) is 17.9 Å². The summed E-state index contributed by atoms with van der Waals surface area (Å²) in [6.07, 6.45) is 1.41. The largest absolute Gasteiger partial charge is 0.462 e. The van der Waals surface area contributed by atoms with Crippen LogP contribution in [0.15, 0.2) is 60.2 Å². The van der Waals surface area contributed by atoms with Crippen LogP contribution in [0.3, 0.4) is 0 Å². The van der Waals surface area contributed by atoms with Crippen LogP contribution in [-0.4, -0.2) is 35.0 Å². The van der Waals surface area contributed by atoms with Crippen molar-refractivity contribution in [2.24, 2.45) is 0 Å². The number of ether oxygens (including phenoxy) is 1. The second-order valence-corrected chi connectivity index (χ2v) is 7.87. The smallest absolute Gasteiger partial charge is 0.338 e. The van der Waals surface area contributed by atoms with E-state index in [1.807, 2.05) is 24.5 Å². The number of urea groups is 1. The highest BCUT2D eigenvalue weighted by Gasteiger charge is 2.37. The molecule has 1 saturated heterocycles. The zero-order valence-corrected chi connectivity index (χ0v) is 19.3. The lowest BCUT2D eigenvalue weighted by Crippen LogP contribution is -2.54. The minimum Gasteiger partial charge on any atom is -0.462 e. The second kappa shape index (κ2) is 9.38. The SMILES string of the molecule is CCOC(=O)c1cccc(-n2c(C)cc(/C=C3\C(=O)NC(=O)N(c4ccc(F)cc4)C3=O)c2C)c1. The van der Waals surface area contributed by atoms with E-state index in [4.69, 9.17) is 4.74 Å². The molecule has 0 bridgehead atoms. The highest BCUT2D eigenvalue weighted by atomic mass is 19.1. The number of nitrogens with one attached hydrogen (secondary N) is 1. The van der Waals surface area contributed by atoms with Crippen LogP contribution in [0.1, 0.15) is 34.2 Å². The number of aryl methyl sites for hydroxylation is 1. The average molecular weight is 475 g/mol. The van der Waals surface area contributed by atoms with E-state index in [9.17, 15) is 23.6 Å². The topological polar surface area (TPSA) is 97.7 Å². The standard InChI is InChI=1S/C26H22FN3O5/c1-4-35-25(33)17-6-5-7-21(13-17)29-15(2)12-18(16(29)3)14-22-23(31)28-26(34)30(24(22)32)20-10-8-19(27)9-11-20/h5-14H,4H2,1-3H3,(H,28,31,34)/b22-14+. The van der Waals surface area contributed by atoms with Gasteiger partial charge in [0, 0.05) is 17.1 Å². The van der Waals surface area contributed by atoms with Crippen LogP contribution in [-0.2, 0) is 14.3 Å². The summed E-state index contributed by atoms with van der Waals surface area (Å²) in [7, 11) is 0. The summed E-state index contributed by atoms with van der Waals surface area (Å²) in [6, 6.07) is 12.6. The molecule has 35 heavy (non-hydrogen) atoms. The van der Waals surface area contributed by atoms with Crippen LogP contribution in [0.25, 0.3) is 11.8 Å². The Balaban J connectivity index is 1.73. The summed E-state index contributed by atoms with van der Waals surface area (Å²) < 4.78 is 20.3. The Morgan fingerprint density at radius 1 is 1.03 bits per heavy atom. The zero-order valence-electron chi connectivity index (χ0n) is 19.3. The molecule has 3 aromatic rings. The summed E-state index contributed by atoms with van der Waals surface area (Å²) in [5, 5.41) is 2.15. The molecule has 0 unspecified atom stereocenters.